The Balaban J connectivity index is 2.53. The number of aromatic amines is 1. The number of hydrogen-bond acceptors (Lipinski definition) is 4. The van der Waals surface area contributed by atoms with E-state index in [0.29, 0.717) is 11.5 Å². The van der Waals surface area contributed by atoms with Crippen LogP contribution >= 0.6 is 0 Å². The van der Waals surface area contributed by atoms with Crippen molar-refractivity contribution in [2.24, 2.45) is 0 Å². The van der Waals surface area contributed by atoms with Gasteiger partial charge >= 0.3 is 0 Å². The lowest BCUT2D eigenvalue weighted by Gasteiger charge is -2.03. The number of H-pyrrole nitrogens is 1. The molecule has 0 aliphatic heterocycles. The summed E-state index contributed by atoms with van der Waals surface area (Å²) in [6, 6.07) is 5.14. The maximum atomic E-state index is 11.3. The largest absolute Gasteiger partial charge is 0.373 e. The first-order valence-electron chi connectivity index (χ1n) is 4.91. The van der Waals surface area contributed by atoms with Gasteiger partial charge in [-0.25, -0.2) is 9.97 Å². The van der Waals surface area contributed by atoms with Crippen LogP contribution in [0.4, 0.5) is 5.82 Å². The predicted molar refractivity (Wildman–Crippen MR) is 62.4 cm³/mol. The van der Waals surface area contributed by atoms with Crippen LogP contribution in [-0.2, 0) is 0 Å². The van der Waals surface area contributed by atoms with Gasteiger partial charge in [-0.3, -0.25) is 4.79 Å². The molecule has 0 spiro atoms. The van der Waals surface area contributed by atoms with Gasteiger partial charge in [0.05, 0.1) is 5.69 Å². The van der Waals surface area contributed by atoms with Gasteiger partial charge in [0.25, 0.3) is 5.56 Å². The van der Waals surface area contributed by atoms with Crippen molar-refractivity contribution in [2.75, 3.05) is 12.4 Å². The first-order chi connectivity index (χ1) is 7.69. The maximum Gasteiger partial charge on any atom is 0.251 e. The minimum atomic E-state index is -0.148. The standard InChI is InChI=1S/C11H12N4O/c1-7-14-9(6-11(16)15-7)8-3-4-13-10(5-8)12-2/h3-6H,1-2H3,(H,12,13)(H,14,15,16). The Kier molecular flexibility index (Phi) is 2.68. The number of hydrogen-bond donors (Lipinski definition) is 2. The quantitative estimate of drug-likeness (QED) is 0.790. The van der Waals surface area contributed by atoms with E-state index >= 15 is 0 Å². The third kappa shape index (κ3) is 2.08. The molecule has 0 aliphatic carbocycles. The van der Waals surface area contributed by atoms with Crippen LogP contribution in [0.3, 0.4) is 0 Å². The maximum absolute atomic E-state index is 11.3. The molecule has 2 N–H and O–H groups in total. The van der Waals surface area contributed by atoms with E-state index in [1.165, 1.54) is 6.07 Å². The number of nitrogens with one attached hydrogen (secondary N) is 2. The highest BCUT2D eigenvalue weighted by molar-refractivity contribution is 5.62. The average Bonchev–Trinajstić information content (AvgIpc) is 2.28. The summed E-state index contributed by atoms with van der Waals surface area (Å²) in [6.45, 7) is 1.76. The van der Waals surface area contributed by atoms with Gasteiger partial charge in [0.1, 0.15) is 11.6 Å². The summed E-state index contributed by atoms with van der Waals surface area (Å²) in [4.78, 5) is 22.3. The van der Waals surface area contributed by atoms with Crippen LogP contribution < -0.4 is 10.9 Å². The molecule has 16 heavy (non-hydrogen) atoms. The summed E-state index contributed by atoms with van der Waals surface area (Å²) in [5.41, 5.74) is 1.37. The molecule has 0 amide bonds. The number of rotatable bonds is 2. The molecule has 5 nitrogen and oxygen atoms in total. The Morgan fingerprint density at radius 2 is 2.19 bits per heavy atom. The summed E-state index contributed by atoms with van der Waals surface area (Å²) in [5.74, 6) is 1.35. The number of anilines is 1. The zero-order valence-corrected chi connectivity index (χ0v) is 9.11. The van der Waals surface area contributed by atoms with Gasteiger partial charge < -0.3 is 10.3 Å². The van der Waals surface area contributed by atoms with Crippen molar-refractivity contribution in [2.45, 2.75) is 6.92 Å². The van der Waals surface area contributed by atoms with Gasteiger partial charge in [0, 0.05) is 24.9 Å². The fourth-order valence-corrected chi connectivity index (χ4v) is 1.45. The van der Waals surface area contributed by atoms with Gasteiger partial charge in [-0.15, -0.1) is 0 Å². The first kappa shape index (κ1) is 10.4. The fourth-order valence-electron chi connectivity index (χ4n) is 1.45. The third-order valence-electron chi connectivity index (χ3n) is 2.17. The molecule has 0 unspecified atom stereocenters. The van der Waals surface area contributed by atoms with Crippen molar-refractivity contribution in [1.82, 2.24) is 15.0 Å². The summed E-state index contributed by atoms with van der Waals surface area (Å²) in [7, 11) is 1.79. The van der Waals surface area contributed by atoms with Crippen LogP contribution in [-0.4, -0.2) is 22.0 Å². The highest BCUT2D eigenvalue weighted by Gasteiger charge is 2.02. The number of aryl methyl sites for hydroxylation is 1. The normalized spacial score (nSPS) is 10.1. The summed E-state index contributed by atoms with van der Waals surface area (Å²) in [6.07, 6.45) is 1.68. The van der Waals surface area contributed by atoms with E-state index in [0.717, 1.165) is 11.4 Å². The minimum Gasteiger partial charge on any atom is -0.373 e. The minimum absolute atomic E-state index is 0.148. The fraction of sp³-hybridized carbons (Fsp3) is 0.182. The Morgan fingerprint density at radius 3 is 2.88 bits per heavy atom. The monoisotopic (exact) mass is 216 g/mol. The van der Waals surface area contributed by atoms with Gasteiger partial charge in [-0.1, -0.05) is 0 Å². The second-order valence-electron chi connectivity index (χ2n) is 3.40. The molecule has 2 aromatic heterocycles. The average molecular weight is 216 g/mol. The zero-order valence-electron chi connectivity index (χ0n) is 9.11. The molecule has 82 valence electrons. The van der Waals surface area contributed by atoms with Crippen molar-refractivity contribution >= 4 is 5.82 Å². The molecule has 0 fully saturated rings. The number of pyridine rings is 1. The topological polar surface area (TPSA) is 70.7 Å². The predicted octanol–water partition coefficient (Wildman–Crippen LogP) is 1.18. The van der Waals surface area contributed by atoms with E-state index in [4.69, 9.17) is 0 Å². The van der Waals surface area contributed by atoms with Crippen LogP contribution in [0.25, 0.3) is 11.3 Å². The van der Waals surface area contributed by atoms with Gasteiger partial charge in [0.15, 0.2) is 0 Å². The second-order valence-corrected chi connectivity index (χ2v) is 3.40. The Hall–Kier alpha value is -2.17. The molecule has 0 bridgehead atoms. The molecule has 0 saturated carbocycles. The molecule has 0 atom stereocenters. The number of aromatic nitrogens is 3. The molecule has 2 rings (SSSR count). The van der Waals surface area contributed by atoms with Gasteiger partial charge in [-0.2, -0.15) is 0 Å². The summed E-state index contributed by atoms with van der Waals surface area (Å²) in [5, 5.41) is 2.94. The summed E-state index contributed by atoms with van der Waals surface area (Å²) >= 11 is 0. The molecule has 0 saturated heterocycles. The highest BCUT2D eigenvalue weighted by Crippen LogP contribution is 2.17. The molecule has 5 heteroatoms. The van der Waals surface area contributed by atoms with Gasteiger partial charge in [-0.05, 0) is 19.1 Å². The van der Waals surface area contributed by atoms with E-state index in [2.05, 4.69) is 20.3 Å². The third-order valence-corrected chi connectivity index (χ3v) is 2.17. The van der Waals surface area contributed by atoms with E-state index in [9.17, 15) is 4.79 Å². The Morgan fingerprint density at radius 1 is 1.38 bits per heavy atom. The second kappa shape index (κ2) is 4.14. The van der Waals surface area contributed by atoms with Crippen LogP contribution in [0.5, 0.6) is 0 Å². The molecule has 0 radical (unpaired) electrons. The Bertz CT molecular complexity index is 562. The molecule has 0 aliphatic rings. The highest BCUT2D eigenvalue weighted by atomic mass is 16.1. The number of nitrogens with zero attached hydrogens (tertiary/aromatic N) is 2. The zero-order chi connectivity index (χ0) is 11.5. The van der Waals surface area contributed by atoms with E-state index in [1.54, 1.807) is 20.2 Å². The van der Waals surface area contributed by atoms with Crippen molar-refractivity contribution in [3.8, 4) is 11.3 Å². The molecule has 2 aromatic rings. The van der Waals surface area contributed by atoms with E-state index < -0.39 is 0 Å². The van der Waals surface area contributed by atoms with Crippen molar-refractivity contribution in [3.63, 3.8) is 0 Å². The van der Waals surface area contributed by atoms with E-state index in [-0.39, 0.29) is 5.56 Å². The van der Waals surface area contributed by atoms with Gasteiger partial charge in [0.2, 0.25) is 0 Å². The van der Waals surface area contributed by atoms with Crippen LogP contribution in [0.15, 0.2) is 29.2 Å². The van der Waals surface area contributed by atoms with Crippen LogP contribution in [0.2, 0.25) is 0 Å². The smallest absolute Gasteiger partial charge is 0.251 e. The lowest BCUT2D eigenvalue weighted by Crippen LogP contribution is -2.08. The summed E-state index contributed by atoms with van der Waals surface area (Å²) < 4.78 is 0. The van der Waals surface area contributed by atoms with Crippen molar-refractivity contribution < 1.29 is 0 Å². The lowest BCUT2D eigenvalue weighted by molar-refractivity contribution is 1.02. The van der Waals surface area contributed by atoms with Crippen molar-refractivity contribution in [1.29, 1.82) is 0 Å². The molecule has 0 aromatic carbocycles. The Labute approximate surface area is 92.6 Å². The molecule has 2 heterocycles. The van der Waals surface area contributed by atoms with Crippen molar-refractivity contribution in [3.05, 3.63) is 40.6 Å². The molecular formula is C11H12N4O. The van der Waals surface area contributed by atoms with Crippen LogP contribution in [0, 0.1) is 6.92 Å². The SMILES string of the molecule is CNc1cc(-c2cc(=O)[nH]c(C)n2)ccn1. The van der Waals surface area contributed by atoms with E-state index in [1.807, 2.05) is 12.1 Å². The lowest BCUT2D eigenvalue weighted by atomic mass is 10.2. The molecular weight excluding hydrogens is 204 g/mol. The van der Waals surface area contributed by atoms with Crippen LogP contribution in [0.1, 0.15) is 5.82 Å². The first-order valence-corrected chi connectivity index (χ1v) is 4.91.